The third-order valence-electron chi connectivity index (χ3n) is 3.86. The lowest BCUT2D eigenvalue weighted by atomic mass is 10.0. The van der Waals surface area contributed by atoms with Gasteiger partial charge in [-0.1, -0.05) is 87.9 Å². The predicted octanol–water partition coefficient (Wildman–Crippen LogP) is 8.19. The molecule has 0 radical (unpaired) electrons. The van der Waals surface area contributed by atoms with Gasteiger partial charge < -0.3 is 0 Å². The summed E-state index contributed by atoms with van der Waals surface area (Å²) < 4.78 is 0. The standard InChI is InChI=1S/C18H27Cl3/c1-2-3-4-5-6-7-8-9-10-11-17(20)16-14-15(19)12-13-18(16)21/h12-14,17H,2-11H2,1H3. The molecular formula is C18H27Cl3. The van der Waals surface area contributed by atoms with E-state index >= 15 is 0 Å². The van der Waals surface area contributed by atoms with Gasteiger partial charge in [0, 0.05) is 10.0 Å². The molecule has 0 fully saturated rings. The summed E-state index contributed by atoms with van der Waals surface area (Å²) in [5.41, 5.74) is 0.963. The Morgan fingerprint density at radius 2 is 1.43 bits per heavy atom. The molecule has 0 aliphatic carbocycles. The molecule has 0 amide bonds. The summed E-state index contributed by atoms with van der Waals surface area (Å²) >= 11 is 18.6. The first-order chi connectivity index (χ1) is 10.1. The minimum Gasteiger partial charge on any atom is -0.118 e. The fraction of sp³-hybridized carbons (Fsp3) is 0.667. The van der Waals surface area contributed by atoms with Gasteiger partial charge in [-0.05, 0) is 30.2 Å². The molecular weight excluding hydrogens is 323 g/mol. The van der Waals surface area contributed by atoms with Gasteiger partial charge in [-0.15, -0.1) is 11.6 Å². The molecule has 1 unspecified atom stereocenters. The smallest absolute Gasteiger partial charge is 0.0600 e. The summed E-state index contributed by atoms with van der Waals surface area (Å²) in [6.07, 6.45) is 12.9. The lowest BCUT2D eigenvalue weighted by Gasteiger charge is -2.12. The van der Waals surface area contributed by atoms with Crippen LogP contribution in [0.15, 0.2) is 18.2 Å². The van der Waals surface area contributed by atoms with Gasteiger partial charge in [-0.25, -0.2) is 0 Å². The average molecular weight is 350 g/mol. The number of unbranched alkanes of at least 4 members (excludes halogenated alkanes) is 8. The van der Waals surface area contributed by atoms with Crippen molar-refractivity contribution in [2.24, 2.45) is 0 Å². The van der Waals surface area contributed by atoms with Crippen molar-refractivity contribution >= 4 is 34.8 Å². The molecule has 120 valence electrons. The lowest BCUT2D eigenvalue weighted by molar-refractivity contribution is 0.554. The van der Waals surface area contributed by atoms with E-state index in [4.69, 9.17) is 34.8 Å². The Morgan fingerprint density at radius 1 is 0.857 bits per heavy atom. The fourth-order valence-electron chi connectivity index (χ4n) is 2.54. The zero-order valence-corrected chi connectivity index (χ0v) is 15.3. The highest BCUT2D eigenvalue weighted by Gasteiger charge is 2.12. The Labute approximate surface area is 145 Å². The summed E-state index contributed by atoms with van der Waals surface area (Å²) in [6, 6.07) is 5.51. The van der Waals surface area contributed by atoms with E-state index in [1.807, 2.05) is 12.1 Å². The van der Waals surface area contributed by atoms with Crippen molar-refractivity contribution in [2.75, 3.05) is 0 Å². The number of rotatable bonds is 11. The van der Waals surface area contributed by atoms with E-state index in [0.29, 0.717) is 5.02 Å². The third-order valence-corrected chi connectivity index (χ3v) is 4.89. The van der Waals surface area contributed by atoms with Gasteiger partial charge in [0.25, 0.3) is 0 Å². The molecule has 0 N–H and O–H groups in total. The second-order valence-corrected chi connectivity index (χ2v) is 7.12. The highest BCUT2D eigenvalue weighted by Crippen LogP contribution is 2.33. The highest BCUT2D eigenvalue weighted by atomic mass is 35.5. The summed E-state index contributed by atoms with van der Waals surface area (Å²) in [5, 5.41) is 1.39. The van der Waals surface area contributed by atoms with Crippen LogP contribution in [0, 0.1) is 0 Å². The molecule has 0 aliphatic heterocycles. The largest absolute Gasteiger partial charge is 0.118 e. The summed E-state index contributed by atoms with van der Waals surface area (Å²) in [7, 11) is 0. The van der Waals surface area contributed by atoms with Crippen LogP contribution < -0.4 is 0 Å². The molecule has 3 heteroatoms. The molecule has 21 heavy (non-hydrogen) atoms. The van der Waals surface area contributed by atoms with Crippen LogP contribution >= 0.6 is 34.8 Å². The topological polar surface area (TPSA) is 0 Å². The molecule has 0 heterocycles. The van der Waals surface area contributed by atoms with Crippen molar-refractivity contribution in [3.05, 3.63) is 33.8 Å². The van der Waals surface area contributed by atoms with E-state index in [0.717, 1.165) is 23.4 Å². The normalized spacial score (nSPS) is 12.6. The quantitative estimate of drug-likeness (QED) is 0.279. The molecule has 0 saturated heterocycles. The van der Waals surface area contributed by atoms with Crippen molar-refractivity contribution < 1.29 is 0 Å². The second-order valence-electron chi connectivity index (χ2n) is 5.75. The van der Waals surface area contributed by atoms with Crippen molar-refractivity contribution in [1.82, 2.24) is 0 Å². The van der Waals surface area contributed by atoms with Crippen LogP contribution in [0.3, 0.4) is 0 Å². The van der Waals surface area contributed by atoms with Crippen LogP contribution in [0.1, 0.15) is 82.1 Å². The van der Waals surface area contributed by atoms with Gasteiger partial charge in [0.2, 0.25) is 0 Å². The van der Waals surface area contributed by atoms with E-state index in [-0.39, 0.29) is 5.38 Å². The van der Waals surface area contributed by atoms with E-state index in [1.165, 1.54) is 51.4 Å². The van der Waals surface area contributed by atoms with Crippen molar-refractivity contribution in [3.8, 4) is 0 Å². The summed E-state index contributed by atoms with van der Waals surface area (Å²) in [5.74, 6) is 0. The molecule has 1 atom stereocenters. The number of benzene rings is 1. The SMILES string of the molecule is CCCCCCCCCCCC(Cl)c1cc(Cl)ccc1Cl. The van der Waals surface area contributed by atoms with E-state index < -0.39 is 0 Å². The van der Waals surface area contributed by atoms with Gasteiger partial charge in [0.1, 0.15) is 0 Å². The number of hydrogen-bond acceptors (Lipinski definition) is 0. The van der Waals surface area contributed by atoms with E-state index in [9.17, 15) is 0 Å². The first-order valence-electron chi connectivity index (χ1n) is 8.24. The molecule has 0 nitrogen and oxygen atoms in total. The molecule has 0 bridgehead atoms. The molecule has 0 saturated carbocycles. The van der Waals surface area contributed by atoms with E-state index in [2.05, 4.69) is 6.92 Å². The monoisotopic (exact) mass is 348 g/mol. The molecule has 1 rings (SSSR count). The van der Waals surface area contributed by atoms with Crippen LogP contribution in [0.2, 0.25) is 10.0 Å². The maximum atomic E-state index is 6.44. The average Bonchev–Trinajstić information content (AvgIpc) is 2.48. The Morgan fingerprint density at radius 3 is 2.05 bits per heavy atom. The Bertz CT molecular complexity index is 390. The van der Waals surface area contributed by atoms with E-state index in [1.54, 1.807) is 6.07 Å². The first-order valence-corrected chi connectivity index (χ1v) is 9.43. The van der Waals surface area contributed by atoms with Gasteiger partial charge in [-0.3, -0.25) is 0 Å². The number of alkyl halides is 1. The third kappa shape index (κ3) is 8.33. The van der Waals surface area contributed by atoms with Crippen LogP contribution in [-0.2, 0) is 0 Å². The fourth-order valence-corrected chi connectivity index (χ4v) is 3.36. The molecule has 1 aromatic rings. The highest BCUT2D eigenvalue weighted by molar-refractivity contribution is 6.34. The van der Waals surface area contributed by atoms with Crippen molar-refractivity contribution in [3.63, 3.8) is 0 Å². The van der Waals surface area contributed by atoms with Gasteiger partial charge in [0.05, 0.1) is 5.38 Å². The maximum absolute atomic E-state index is 6.44. The van der Waals surface area contributed by atoms with Crippen LogP contribution in [-0.4, -0.2) is 0 Å². The van der Waals surface area contributed by atoms with Crippen molar-refractivity contribution in [1.29, 1.82) is 0 Å². The number of halogens is 3. The second kappa shape index (κ2) is 11.6. The zero-order valence-electron chi connectivity index (χ0n) is 13.0. The van der Waals surface area contributed by atoms with Gasteiger partial charge >= 0.3 is 0 Å². The number of hydrogen-bond donors (Lipinski definition) is 0. The minimum absolute atomic E-state index is 0.0271. The van der Waals surface area contributed by atoms with Gasteiger partial charge in [-0.2, -0.15) is 0 Å². The summed E-state index contributed by atoms with van der Waals surface area (Å²) in [4.78, 5) is 0. The lowest BCUT2D eigenvalue weighted by Crippen LogP contribution is -1.92. The van der Waals surface area contributed by atoms with Gasteiger partial charge in [0.15, 0.2) is 0 Å². The van der Waals surface area contributed by atoms with Crippen molar-refractivity contribution in [2.45, 2.75) is 76.5 Å². The molecule has 0 spiro atoms. The van der Waals surface area contributed by atoms with Crippen LogP contribution in [0.25, 0.3) is 0 Å². The first kappa shape index (κ1) is 19.1. The molecule has 0 aliphatic rings. The minimum atomic E-state index is -0.0271. The molecule has 1 aromatic carbocycles. The Kier molecular flexibility index (Phi) is 10.6. The zero-order chi connectivity index (χ0) is 15.5. The Balaban J connectivity index is 2.11. The van der Waals surface area contributed by atoms with Crippen LogP contribution in [0.4, 0.5) is 0 Å². The summed E-state index contributed by atoms with van der Waals surface area (Å²) in [6.45, 7) is 2.26. The maximum Gasteiger partial charge on any atom is 0.0600 e. The predicted molar refractivity (Wildman–Crippen MR) is 96.9 cm³/mol. The molecule has 0 aromatic heterocycles. The Hall–Kier alpha value is 0.0900. The van der Waals surface area contributed by atoms with Crippen LogP contribution in [0.5, 0.6) is 0 Å².